The van der Waals surface area contributed by atoms with Crippen LogP contribution in [-0.2, 0) is 0 Å². The fourth-order valence-electron chi connectivity index (χ4n) is 1.84. The number of benzene rings is 1. The van der Waals surface area contributed by atoms with Crippen LogP contribution in [0.2, 0.25) is 0 Å². The molecule has 76 valence electrons. The molecule has 3 heteroatoms. The molecular weight excluding hydrogens is 186 g/mol. The van der Waals surface area contributed by atoms with Gasteiger partial charge in [-0.2, -0.15) is 10.2 Å². The third kappa shape index (κ3) is 1.54. The van der Waals surface area contributed by atoms with Gasteiger partial charge in [0.2, 0.25) is 0 Å². The maximum atomic E-state index is 4.10. The quantitative estimate of drug-likeness (QED) is 0.807. The zero-order chi connectivity index (χ0) is 10.3. The molecule has 1 aliphatic rings. The van der Waals surface area contributed by atoms with E-state index in [4.69, 9.17) is 0 Å². The van der Waals surface area contributed by atoms with Crippen LogP contribution in [-0.4, -0.2) is 16.2 Å². The number of fused-ring (bicyclic) bond motifs is 1. The van der Waals surface area contributed by atoms with E-state index in [9.17, 15) is 0 Å². The molecule has 1 aromatic carbocycles. The van der Waals surface area contributed by atoms with E-state index in [1.807, 2.05) is 24.4 Å². The highest BCUT2D eigenvalue weighted by atomic mass is 15.1. The summed E-state index contributed by atoms with van der Waals surface area (Å²) in [5.74, 6) is 0.789. The van der Waals surface area contributed by atoms with Crippen LogP contribution >= 0.6 is 0 Å². The maximum Gasteiger partial charge on any atom is 0.0950 e. The van der Waals surface area contributed by atoms with Gasteiger partial charge in [0.15, 0.2) is 0 Å². The average molecular weight is 199 g/mol. The summed E-state index contributed by atoms with van der Waals surface area (Å²) in [6.45, 7) is 2.26. The minimum absolute atomic E-state index is 0.623. The molecular formula is C12H13N3. The zero-order valence-electron chi connectivity index (χ0n) is 8.64. The minimum Gasteiger partial charge on any atom is -0.380 e. The van der Waals surface area contributed by atoms with Crippen molar-refractivity contribution < 1.29 is 0 Å². The second kappa shape index (κ2) is 3.19. The fourth-order valence-corrected chi connectivity index (χ4v) is 1.84. The Balaban J connectivity index is 2.02. The van der Waals surface area contributed by atoms with Crippen LogP contribution in [0.5, 0.6) is 0 Å². The fraction of sp³-hybridized carbons (Fsp3) is 0.333. The highest BCUT2D eigenvalue weighted by Gasteiger charge is 2.32. The summed E-state index contributed by atoms with van der Waals surface area (Å²) in [7, 11) is 0. The van der Waals surface area contributed by atoms with Crippen LogP contribution in [0.3, 0.4) is 0 Å². The molecule has 3 nitrogen and oxygen atoms in total. The smallest absolute Gasteiger partial charge is 0.0950 e. The number of nitrogens with zero attached hydrogens (tertiary/aromatic N) is 2. The van der Waals surface area contributed by atoms with E-state index < -0.39 is 0 Å². The van der Waals surface area contributed by atoms with Crippen LogP contribution in [0, 0.1) is 5.92 Å². The van der Waals surface area contributed by atoms with Crippen molar-refractivity contribution in [1.82, 2.24) is 10.2 Å². The van der Waals surface area contributed by atoms with Crippen LogP contribution < -0.4 is 5.32 Å². The third-order valence-corrected chi connectivity index (χ3v) is 3.00. The number of aromatic nitrogens is 2. The number of anilines is 1. The topological polar surface area (TPSA) is 37.8 Å². The molecule has 15 heavy (non-hydrogen) atoms. The van der Waals surface area contributed by atoms with Crippen molar-refractivity contribution >= 4 is 16.6 Å². The molecule has 0 bridgehead atoms. The average Bonchev–Trinajstić information content (AvgIpc) is 2.95. The van der Waals surface area contributed by atoms with Crippen molar-refractivity contribution in [3.8, 4) is 0 Å². The number of hydrogen-bond donors (Lipinski definition) is 1. The molecule has 1 saturated carbocycles. The van der Waals surface area contributed by atoms with E-state index in [0.717, 1.165) is 22.5 Å². The van der Waals surface area contributed by atoms with E-state index in [2.05, 4.69) is 28.5 Å². The molecule has 3 rings (SSSR count). The Morgan fingerprint density at radius 2 is 2.13 bits per heavy atom. The van der Waals surface area contributed by atoms with Gasteiger partial charge in [-0.3, -0.25) is 0 Å². The Morgan fingerprint density at radius 3 is 2.93 bits per heavy atom. The first-order valence-corrected chi connectivity index (χ1v) is 5.31. The lowest BCUT2D eigenvalue weighted by Crippen LogP contribution is -2.04. The van der Waals surface area contributed by atoms with Gasteiger partial charge in [0.1, 0.15) is 0 Å². The molecule has 1 fully saturated rings. The lowest BCUT2D eigenvalue weighted by atomic mass is 10.2. The first-order chi connectivity index (χ1) is 7.34. The van der Waals surface area contributed by atoms with Gasteiger partial charge in [0.25, 0.3) is 0 Å². The van der Waals surface area contributed by atoms with Gasteiger partial charge in [0.05, 0.1) is 17.4 Å². The van der Waals surface area contributed by atoms with Gasteiger partial charge in [0, 0.05) is 11.4 Å². The molecule has 1 heterocycles. The van der Waals surface area contributed by atoms with Crippen molar-refractivity contribution in [2.45, 2.75) is 19.4 Å². The predicted molar refractivity (Wildman–Crippen MR) is 60.7 cm³/mol. The summed E-state index contributed by atoms with van der Waals surface area (Å²) in [4.78, 5) is 0. The lowest BCUT2D eigenvalue weighted by Gasteiger charge is -2.07. The summed E-state index contributed by atoms with van der Waals surface area (Å²) in [5.41, 5.74) is 2.06. The van der Waals surface area contributed by atoms with Crippen molar-refractivity contribution in [2.24, 2.45) is 5.92 Å². The highest BCUT2D eigenvalue weighted by Crippen LogP contribution is 2.34. The highest BCUT2D eigenvalue weighted by molar-refractivity contribution is 5.90. The minimum atomic E-state index is 0.623. The van der Waals surface area contributed by atoms with Crippen molar-refractivity contribution in [2.75, 3.05) is 5.32 Å². The van der Waals surface area contributed by atoms with Gasteiger partial charge in [-0.1, -0.05) is 25.1 Å². The van der Waals surface area contributed by atoms with Crippen LogP contribution in [0.4, 0.5) is 5.69 Å². The molecule has 1 N–H and O–H groups in total. The molecule has 0 saturated heterocycles. The van der Waals surface area contributed by atoms with Crippen molar-refractivity contribution in [3.05, 3.63) is 30.5 Å². The summed E-state index contributed by atoms with van der Waals surface area (Å²) in [6, 6.07) is 8.72. The van der Waals surface area contributed by atoms with E-state index in [1.54, 1.807) is 0 Å². The van der Waals surface area contributed by atoms with Crippen LogP contribution in [0.25, 0.3) is 10.9 Å². The van der Waals surface area contributed by atoms with Gasteiger partial charge in [-0.25, -0.2) is 0 Å². The molecule has 1 aliphatic carbocycles. The normalized spacial score (nSPS) is 24.1. The zero-order valence-corrected chi connectivity index (χ0v) is 8.64. The molecule has 2 atom stereocenters. The van der Waals surface area contributed by atoms with Crippen LogP contribution in [0.15, 0.2) is 30.5 Å². The second-order valence-corrected chi connectivity index (χ2v) is 4.24. The van der Waals surface area contributed by atoms with Gasteiger partial charge >= 0.3 is 0 Å². The van der Waals surface area contributed by atoms with E-state index in [-0.39, 0.29) is 0 Å². The number of hydrogen-bond acceptors (Lipinski definition) is 3. The van der Waals surface area contributed by atoms with E-state index in [1.165, 1.54) is 6.42 Å². The summed E-state index contributed by atoms with van der Waals surface area (Å²) >= 11 is 0. The van der Waals surface area contributed by atoms with Gasteiger partial charge < -0.3 is 5.32 Å². The SMILES string of the molecule is CC1CC1Nc1cnnc2ccccc12. The summed E-state index contributed by atoms with van der Waals surface area (Å²) in [5, 5.41) is 12.8. The van der Waals surface area contributed by atoms with Gasteiger partial charge in [-0.05, 0) is 18.4 Å². The molecule has 0 radical (unpaired) electrons. The largest absolute Gasteiger partial charge is 0.380 e. The number of rotatable bonds is 2. The predicted octanol–water partition coefficient (Wildman–Crippen LogP) is 2.45. The van der Waals surface area contributed by atoms with Crippen LogP contribution in [0.1, 0.15) is 13.3 Å². The maximum absolute atomic E-state index is 4.10. The Labute approximate surface area is 88.5 Å². The molecule has 0 amide bonds. The molecule has 1 aromatic heterocycles. The standard InChI is InChI=1S/C12H13N3/c1-8-6-11(8)14-12-7-13-15-10-5-3-2-4-9(10)12/h2-5,7-8,11H,6H2,1H3,(H,14,15). The van der Waals surface area contributed by atoms with E-state index >= 15 is 0 Å². The van der Waals surface area contributed by atoms with Gasteiger partial charge in [-0.15, -0.1) is 0 Å². The Morgan fingerprint density at radius 1 is 1.33 bits per heavy atom. The molecule has 2 unspecified atom stereocenters. The van der Waals surface area contributed by atoms with Crippen molar-refractivity contribution in [3.63, 3.8) is 0 Å². The first kappa shape index (κ1) is 8.65. The lowest BCUT2D eigenvalue weighted by molar-refractivity contribution is 0.927. The molecule has 0 spiro atoms. The number of nitrogens with one attached hydrogen (secondary N) is 1. The molecule has 2 aromatic rings. The molecule has 0 aliphatic heterocycles. The monoisotopic (exact) mass is 199 g/mol. The summed E-state index contributed by atoms with van der Waals surface area (Å²) < 4.78 is 0. The van der Waals surface area contributed by atoms with E-state index in [0.29, 0.717) is 6.04 Å². The van der Waals surface area contributed by atoms with Crippen molar-refractivity contribution in [1.29, 1.82) is 0 Å². The summed E-state index contributed by atoms with van der Waals surface area (Å²) in [6.07, 6.45) is 3.07. The Bertz CT molecular complexity index is 490. The Hall–Kier alpha value is -1.64. The third-order valence-electron chi connectivity index (χ3n) is 3.00. The Kier molecular flexibility index (Phi) is 1.84. The first-order valence-electron chi connectivity index (χ1n) is 5.31. The second-order valence-electron chi connectivity index (χ2n) is 4.24.